The number of hydrogen-bond donors (Lipinski definition) is 1. The van der Waals surface area contributed by atoms with Gasteiger partial charge in [-0.25, -0.2) is 9.59 Å². The zero-order valence-electron chi connectivity index (χ0n) is 18.8. The quantitative estimate of drug-likeness (QED) is 0.495. The summed E-state index contributed by atoms with van der Waals surface area (Å²) in [6.45, 7) is 5.77. The number of aliphatic hydroxyl groups is 1. The SMILES string of the molecule is CCOC(=O)O[C@]1(C(=O)OCCl)CC[C@H]2[C@@H]3CCC4=CC(=O)C=C[C@]4(C)[C@H]3C(O)C[C@@]21C. The summed E-state index contributed by atoms with van der Waals surface area (Å²) in [4.78, 5) is 37.5. The molecule has 32 heavy (non-hydrogen) atoms. The molecule has 0 amide bonds. The lowest BCUT2D eigenvalue weighted by atomic mass is 9.46. The van der Waals surface area contributed by atoms with E-state index in [4.69, 9.17) is 25.8 Å². The summed E-state index contributed by atoms with van der Waals surface area (Å²) >= 11 is 5.70. The second kappa shape index (κ2) is 8.17. The first-order chi connectivity index (χ1) is 15.1. The smallest absolute Gasteiger partial charge is 0.446 e. The molecule has 0 aliphatic heterocycles. The number of allylic oxidation sites excluding steroid dienone is 4. The van der Waals surface area contributed by atoms with Crippen molar-refractivity contribution in [2.24, 2.45) is 28.6 Å². The van der Waals surface area contributed by atoms with Crippen molar-refractivity contribution in [2.45, 2.75) is 64.6 Å². The Morgan fingerprint density at radius 3 is 2.69 bits per heavy atom. The van der Waals surface area contributed by atoms with Crippen molar-refractivity contribution in [3.8, 4) is 0 Å². The highest BCUT2D eigenvalue weighted by molar-refractivity contribution is 6.17. The van der Waals surface area contributed by atoms with Crippen molar-refractivity contribution >= 4 is 29.5 Å². The van der Waals surface area contributed by atoms with E-state index >= 15 is 0 Å². The van der Waals surface area contributed by atoms with Gasteiger partial charge in [0.2, 0.25) is 5.60 Å². The molecule has 7 atom stereocenters. The Morgan fingerprint density at radius 2 is 2.00 bits per heavy atom. The molecule has 3 fully saturated rings. The van der Waals surface area contributed by atoms with Crippen LogP contribution in [0.1, 0.15) is 52.9 Å². The first-order valence-corrected chi connectivity index (χ1v) is 11.9. The molecule has 0 radical (unpaired) electrons. The Balaban J connectivity index is 1.73. The van der Waals surface area contributed by atoms with Crippen LogP contribution in [0.15, 0.2) is 23.8 Å². The van der Waals surface area contributed by atoms with Gasteiger partial charge in [0.1, 0.15) is 0 Å². The van der Waals surface area contributed by atoms with Gasteiger partial charge >= 0.3 is 12.1 Å². The normalized spacial score (nSPS) is 42.3. The average Bonchev–Trinajstić information content (AvgIpc) is 3.01. The highest BCUT2D eigenvalue weighted by atomic mass is 35.5. The molecule has 0 aromatic carbocycles. The second-order valence-electron chi connectivity index (χ2n) is 9.90. The molecule has 0 heterocycles. The predicted molar refractivity (Wildman–Crippen MR) is 116 cm³/mol. The molecule has 176 valence electrons. The number of hydrogen-bond acceptors (Lipinski definition) is 7. The lowest BCUT2D eigenvalue weighted by Gasteiger charge is -2.59. The van der Waals surface area contributed by atoms with Crippen LogP contribution in [0.2, 0.25) is 0 Å². The van der Waals surface area contributed by atoms with Crippen molar-refractivity contribution in [3.63, 3.8) is 0 Å². The molecule has 4 rings (SSSR count). The zero-order chi connectivity index (χ0) is 23.3. The summed E-state index contributed by atoms with van der Waals surface area (Å²) in [5.74, 6) is -0.676. The molecule has 7 nitrogen and oxygen atoms in total. The minimum absolute atomic E-state index is 0.0161. The van der Waals surface area contributed by atoms with Crippen molar-refractivity contribution in [3.05, 3.63) is 23.8 Å². The first kappa shape index (κ1) is 23.3. The Bertz CT molecular complexity index is 882. The van der Waals surface area contributed by atoms with Gasteiger partial charge in [-0.3, -0.25) is 4.79 Å². The van der Waals surface area contributed by atoms with E-state index in [1.165, 1.54) is 0 Å². The lowest BCUT2D eigenvalue weighted by Crippen LogP contribution is -2.62. The maximum Gasteiger partial charge on any atom is 0.509 e. The molecule has 0 spiro atoms. The summed E-state index contributed by atoms with van der Waals surface area (Å²) in [5.41, 5.74) is -1.76. The molecule has 0 aromatic heterocycles. The van der Waals surface area contributed by atoms with Crippen molar-refractivity contribution in [1.29, 1.82) is 0 Å². The highest BCUT2D eigenvalue weighted by Crippen LogP contribution is 2.68. The van der Waals surface area contributed by atoms with Gasteiger partial charge in [0.15, 0.2) is 11.8 Å². The standard InChI is InChI=1S/C24H31ClO7/c1-4-30-21(29)32-24(20(28)31-13-25)10-8-17-16-6-5-14-11-15(26)7-9-22(14,2)19(16)18(27)12-23(17,24)3/h7,9,11,16-19,27H,4-6,8,10,12-13H2,1-3H3/t16-,17-,18?,19+,22-,23-,24-/m0/s1. The van der Waals surface area contributed by atoms with Crippen molar-refractivity contribution < 1.29 is 33.7 Å². The fourth-order valence-electron chi connectivity index (χ4n) is 7.31. The van der Waals surface area contributed by atoms with Crippen LogP contribution in [-0.2, 0) is 23.8 Å². The number of alkyl halides is 1. The second-order valence-corrected chi connectivity index (χ2v) is 10.1. The van der Waals surface area contributed by atoms with Crippen molar-refractivity contribution in [2.75, 3.05) is 12.7 Å². The van der Waals surface area contributed by atoms with Crippen LogP contribution in [0.3, 0.4) is 0 Å². The molecule has 4 aliphatic carbocycles. The maximum atomic E-state index is 13.2. The van der Waals surface area contributed by atoms with Crippen LogP contribution in [0, 0.1) is 28.6 Å². The number of ketones is 1. The summed E-state index contributed by atoms with van der Waals surface area (Å²) in [6.07, 6.45) is 6.31. The minimum Gasteiger partial charge on any atom is -0.446 e. The third-order valence-corrected chi connectivity index (χ3v) is 8.76. The van der Waals surface area contributed by atoms with Gasteiger partial charge in [0.25, 0.3) is 0 Å². The van der Waals surface area contributed by atoms with E-state index in [-0.39, 0.29) is 49.1 Å². The summed E-state index contributed by atoms with van der Waals surface area (Å²) in [6, 6.07) is -0.354. The third kappa shape index (κ3) is 3.23. The minimum atomic E-state index is -1.57. The Labute approximate surface area is 193 Å². The van der Waals surface area contributed by atoms with E-state index in [0.29, 0.717) is 6.42 Å². The van der Waals surface area contributed by atoms with Crippen LogP contribution < -0.4 is 0 Å². The third-order valence-electron chi connectivity index (χ3n) is 8.65. The topological polar surface area (TPSA) is 99.1 Å². The van der Waals surface area contributed by atoms with E-state index in [1.54, 1.807) is 19.1 Å². The molecule has 3 saturated carbocycles. The molecular formula is C24H31ClO7. The number of rotatable bonds is 4. The largest absolute Gasteiger partial charge is 0.509 e. The fraction of sp³-hybridized carbons (Fsp3) is 0.708. The van der Waals surface area contributed by atoms with Crippen LogP contribution >= 0.6 is 11.6 Å². The number of carbonyl (C=O) groups is 3. The number of esters is 1. The molecular weight excluding hydrogens is 436 g/mol. The molecule has 4 aliphatic rings. The maximum absolute atomic E-state index is 13.2. The number of fused-ring (bicyclic) bond motifs is 5. The number of aliphatic hydroxyl groups excluding tert-OH is 1. The van der Waals surface area contributed by atoms with Crippen LogP contribution in [0.25, 0.3) is 0 Å². The average molecular weight is 467 g/mol. The van der Waals surface area contributed by atoms with E-state index in [1.807, 2.05) is 13.0 Å². The Hall–Kier alpha value is -1.86. The van der Waals surface area contributed by atoms with E-state index in [0.717, 1.165) is 18.4 Å². The van der Waals surface area contributed by atoms with Gasteiger partial charge in [-0.1, -0.05) is 37.1 Å². The van der Waals surface area contributed by atoms with Gasteiger partial charge < -0.3 is 19.3 Å². The van der Waals surface area contributed by atoms with Gasteiger partial charge in [-0.05, 0) is 63.0 Å². The molecule has 0 bridgehead atoms. The van der Waals surface area contributed by atoms with Crippen molar-refractivity contribution in [1.82, 2.24) is 0 Å². The summed E-state index contributed by atoms with van der Waals surface area (Å²) in [5, 5.41) is 11.5. The molecule has 8 heteroatoms. The van der Waals surface area contributed by atoms with Gasteiger partial charge in [0, 0.05) is 16.7 Å². The highest BCUT2D eigenvalue weighted by Gasteiger charge is 2.71. The van der Waals surface area contributed by atoms with E-state index < -0.39 is 34.7 Å². The Kier molecular flexibility index (Phi) is 5.95. The number of ether oxygens (including phenoxy) is 3. The Morgan fingerprint density at radius 1 is 1.25 bits per heavy atom. The summed E-state index contributed by atoms with van der Waals surface area (Å²) < 4.78 is 15.9. The number of halogens is 1. The van der Waals surface area contributed by atoms with Crippen LogP contribution in [0.5, 0.6) is 0 Å². The first-order valence-electron chi connectivity index (χ1n) is 11.3. The van der Waals surface area contributed by atoms with Gasteiger partial charge in [-0.2, -0.15) is 0 Å². The monoisotopic (exact) mass is 466 g/mol. The van der Waals surface area contributed by atoms with Gasteiger partial charge in [0.05, 0.1) is 12.7 Å². The van der Waals surface area contributed by atoms with Gasteiger partial charge in [-0.15, -0.1) is 0 Å². The summed E-state index contributed by atoms with van der Waals surface area (Å²) in [7, 11) is 0. The molecule has 0 aromatic rings. The number of carbonyl (C=O) groups excluding carboxylic acids is 3. The zero-order valence-corrected chi connectivity index (χ0v) is 19.5. The molecule has 1 N–H and O–H groups in total. The fourth-order valence-corrected chi connectivity index (χ4v) is 7.41. The predicted octanol–water partition coefficient (Wildman–Crippen LogP) is 3.92. The molecule has 1 unspecified atom stereocenters. The van der Waals surface area contributed by atoms with Crippen LogP contribution in [0.4, 0.5) is 4.79 Å². The molecule has 0 saturated heterocycles. The van der Waals surface area contributed by atoms with Crippen LogP contribution in [-0.4, -0.2) is 47.4 Å². The van der Waals surface area contributed by atoms with E-state index in [9.17, 15) is 19.5 Å². The van der Waals surface area contributed by atoms with E-state index in [2.05, 4.69) is 6.92 Å². The lowest BCUT2D eigenvalue weighted by molar-refractivity contribution is -0.199.